The van der Waals surface area contributed by atoms with Gasteiger partial charge in [-0.2, -0.15) is 0 Å². The Morgan fingerprint density at radius 1 is 1.19 bits per heavy atom. The first-order valence-corrected chi connectivity index (χ1v) is 8.43. The van der Waals surface area contributed by atoms with Gasteiger partial charge in [-0.25, -0.2) is 4.68 Å². The van der Waals surface area contributed by atoms with E-state index in [9.17, 15) is 4.79 Å². The van der Waals surface area contributed by atoms with Crippen LogP contribution < -0.4 is 10.1 Å². The molecule has 0 aliphatic rings. The fourth-order valence-corrected chi connectivity index (χ4v) is 2.62. The number of carbonyl (C=O) groups is 1. The van der Waals surface area contributed by atoms with Crippen LogP contribution in [0.1, 0.15) is 11.4 Å². The van der Waals surface area contributed by atoms with Gasteiger partial charge in [0.15, 0.2) is 0 Å². The van der Waals surface area contributed by atoms with Gasteiger partial charge in [-0.15, -0.1) is 5.10 Å². The Bertz CT molecular complexity index is 891. The molecule has 7 heteroatoms. The molecule has 0 atom stereocenters. The molecule has 2 aromatic carbocycles. The van der Waals surface area contributed by atoms with Crippen LogP contribution in [0.5, 0.6) is 5.75 Å². The third-order valence-electron chi connectivity index (χ3n) is 4.05. The van der Waals surface area contributed by atoms with Crippen molar-refractivity contribution in [3.63, 3.8) is 0 Å². The molecule has 3 aromatic rings. The number of aromatic nitrogens is 3. The van der Waals surface area contributed by atoms with Crippen molar-refractivity contribution in [3.8, 4) is 5.75 Å². The highest BCUT2D eigenvalue weighted by molar-refractivity contribution is 5.83. The predicted molar refractivity (Wildman–Crippen MR) is 97.9 cm³/mol. The lowest BCUT2D eigenvalue weighted by Gasteiger charge is -2.10. The minimum Gasteiger partial charge on any atom is -0.487 e. The van der Waals surface area contributed by atoms with Crippen molar-refractivity contribution < 1.29 is 14.3 Å². The second-order valence-corrected chi connectivity index (χ2v) is 5.92. The smallest absolute Gasteiger partial charge is 0.241 e. The molecule has 136 valence electrons. The summed E-state index contributed by atoms with van der Waals surface area (Å²) in [6, 6.07) is 14.1. The third kappa shape index (κ3) is 4.37. The first-order chi connectivity index (χ1) is 12.7. The molecule has 0 fully saturated rings. The SMILES string of the molecule is COCCNC(=O)Cn1nnc(C)c1COc1ccc2ccccc2c1. The van der Waals surface area contributed by atoms with Gasteiger partial charge < -0.3 is 14.8 Å². The van der Waals surface area contributed by atoms with Gasteiger partial charge in [0.05, 0.1) is 18.0 Å². The monoisotopic (exact) mass is 354 g/mol. The van der Waals surface area contributed by atoms with Crippen LogP contribution in [0.25, 0.3) is 10.8 Å². The predicted octanol–water partition coefficient (Wildman–Crippen LogP) is 2.08. The maximum absolute atomic E-state index is 12.0. The molecule has 1 N–H and O–H groups in total. The normalized spacial score (nSPS) is 10.8. The lowest BCUT2D eigenvalue weighted by molar-refractivity contribution is -0.122. The van der Waals surface area contributed by atoms with Crippen molar-refractivity contribution in [2.75, 3.05) is 20.3 Å². The summed E-state index contributed by atoms with van der Waals surface area (Å²) < 4.78 is 12.4. The molecule has 7 nitrogen and oxygen atoms in total. The number of methoxy groups -OCH3 is 1. The van der Waals surface area contributed by atoms with Crippen LogP contribution in [0.3, 0.4) is 0 Å². The molecular weight excluding hydrogens is 332 g/mol. The molecule has 0 aliphatic heterocycles. The fraction of sp³-hybridized carbons (Fsp3) is 0.316. The number of hydrogen-bond acceptors (Lipinski definition) is 5. The fourth-order valence-electron chi connectivity index (χ4n) is 2.62. The quantitative estimate of drug-likeness (QED) is 0.627. The highest BCUT2D eigenvalue weighted by Crippen LogP contribution is 2.21. The van der Waals surface area contributed by atoms with Crippen molar-refractivity contribution in [2.45, 2.75) is 20.1 Å². The van der Waals surface area contributed by atoms with Crippen molar-refractivity contribution in [3.05, 3.63) is 53.9 Å². The van der Waals surface area contributed by atoms with Crippen LogP contribution in [0, 0.1) is 6.92 Å². The number of amides is 1. The third-order valence-corrected chi connectivity index (χ3v) is 4.05. The van der Waals surface area contributed by atoms with Gasteiger partial charge in [0.2, 0.25) is 5.91 Å². The Morgan fingerprint density at radius 2 is 2.00 bits per heavy atom. The van der Waals surface area contributed by atoms with Gasteiger partial charge in [0.25, 0.3) is 0 Å². The number of fused-ring (bicyclic) bond motifs is 1. The zero-order valence-electron chi connectivity index (χ0n) is 14.9. The number of benzene rings is 2. The van der Waals surface area contributed by atoms with Crippen LogP contribution in [0.4, 0.5) is 0 Å². The Hall–Kier alpha value is -2.93. The molecule has 1 aromatic heterocycles. The van der Waals surface area contributed by atoms with Crippen molar-refractivity contribution >= 4 is 16.7 Å². The standard InChI is InChI=1S/C19H22N4O3/c1-14-18(23(22-21-14)12-19(24)20-9-10-25-2)13-26-17-8-7-15-5-3-4-6-16(15)11-17/h3-8,11H,9-10,12-13H2,1-2H3,(H,20,24). The maximum Gasteiger partial charge on any atom is 0.241 e. The Kier molecular flexibility index (Phi) is 5.80. The zero-order chi connectivity index (χ0) is 18.4. The molecule has 1 heterocycles. The van der Waals surface area contributed by atoms with E-state index < -0.39 is 0 Å². The summed E-state index contributed by atoms with van der Waals surface area (Å²) in [4.78, 5) is 12.0. The van der Waals surface area contributed by atoms with Crippen LogP contribution in [0.2, 0.25) is 0 Å². The van der Waals surface area contributed by atoms with Gasteiger partial charge in [-0.1, -0.05) is 35.5 Å². The molecule has 1 amide bonds. The van der Waals surface area contributed by atoms with Gasteiger partial charge >= 0.3 is 0 Å². The van der Waals surface area contributed by atoms with Crippen LogP contribution in [0.15, 0.2) is 42.5 Å². The second kappa shape index (κ2) is 8.44. The van der Waals surface area contributed by atoms with E-state index in [-0.39, 0.29) is 12.5 Å². The minimum atomic E-state index is -0.140. The number of carbonyl (C=O) groups excluding carboxylic acids is 1. The highest BCUT2D eigenvalue weighted by Gasteiger charge is 2.13. The Labute approximate surface area is 151 Å². The number of aryl methyl sites for hydroxylation is 1. The molecule has 0 spiro atoms. The van der Waals surface area contributed by atoms with Crippen molar-refractivity contribution in [2.24, 2.45) is 0 Å². The van der Waals surface area contributed by atoms with E-state index in [1.807, 2.05) is 43.3 Å². The molecule has 26 heavy (non-hydrogen) atoms. The number of nitrogens with zero attached hydrogens (tertiary/aromatic N) is 3. The Balaban J connectivity index is 1.65. The van der Waals surface area contributed by atoms with Gasteiger partial charge in [-0.05, 0) is 29.8 Å². The summed E-state index contributed by atoms with van der Waals surface area (Å²) >= 11 is 0. The highest BCUT2D eigenvalue weighted by atomic mass is 16.5. The van der Waals surface area contributed by atoms with Crippen LogP contribution in [-0.2, 0) is 22.7 Å². The summed E-state index contributed by atoms with van der Waals surface area (Å²) in [5.41, 5.74) is 1.52. The van der Waals surface area contributed by atoms with Gasteiger partial charge in [0.1, 0.15) is 18.9 Å². The summed E-state index contributed by atoms with van der Waals surface area (Å²) in [6.45, 7) is 3.18. The topological polar surface area (TPSA) is 78.3 Å². The lowest BCUT2D eigenvalue weighted by Crippen LogP contribution is -2.31. The van der Waals surface area contributed by atoms with Crippen LogP contribution in [-0.4, -0.2) is 41.2 Å². The van der Waals surface area contributed by atoms with Gasteiger partial charge in [0, 0.05) is 13.7 Å². The number of ether oxygens (including phenoxy) is 2. The molecule has 0 unspecified atom stereocenters. The Morgan fingerprint density at radius 3 is 2.81 bits per heavy atom. The number of nitrogens with one attached hydrogen (secondary N) is 1. The van der Waals surface area contributed by atoms with Crippen LogP contribution >= 0.6 is 0 Å². The molecule has 3 rings (SSSR count). The van der Waals surface area contributed by atoms with E-state index in [0.29, 0.717) is 19.8 Å². The molecule has 0 bridgehead atoms. The summed E-state index contributed by atoms with van der Waals surface area (Å²) in [5, 5.41) is 13.1. The average molecular weight is 354 g/mol. The first-order valence-electron chi connectivity index (χ1n) is 8.43. The molecule has 0 saturated carbocycles. The van der Waals surface area contributed by atoms with Crippen molar-refractivity contribution in [1.29, 1.82) is 0 Å². The van der Waals surface area contributed by atoms with E-state index in [0.717, 1.165) is 27.9 Å². The van der Waals surface area contributed by atoms with Crippen molar-refractivity contribution in [1.82, 2.24) is 20.3 Å². The van der Waals surface area contributed by atoms with E-state index in [1.165, 1.54) is 0 Å². The molecular formula is C19H22N4O3. The van der Waals surface area contributed by atoms with E-state index >= 15 is 0 Å². The van der Waals surface area contributed by atoms with E-state index in [1.54, 1.807) is 11.8 Å². The summed E-state index contributed by atoms with van der Waals surface area (Å²) in [7, 11) is 1.59. The lowest BCUT2D eigenvalue weighted by atomic mass is 10.1. The number of hydrogen-bond donors (Lipinski definition) is 1. The average Bonchev–Trinajstić information content (AvgIpc) is 2.99. The zero-order valence-corrected chi connectivity index (χ0v) is 14.9. The van der Waals surface area contributed by atoms with E-state index in [4.69, 9.17) is 9.47 Å². The molecule has 0 radical (unpaired) electrons. The molecule has 0 aliphatic carbocycles. The van der Waals surface area contributed by atoms with Gasteiger partial charge in [-0.3, -0.25) is 4.79 Å². The summed E-state index contributed by atoms with van der Waals surface area (Å²) in [5.74, 6) is 0.624. The first kappa shape index (κ1) is 17.9. The number of rotatable bonds is 8. The summed E-state index contributed by atoms with van der Waals surface area (Å²) in [6.07, 6.45) is 0. The van der Waals surface area contributed by atoms with E-state index in [2.05, 4.69) is 21.7 Å². The maximum atomic E-state index is 12.0. The minimum absolute atomic E-state index is 0.0982. The molecule has 0 saturated heterocycles. The largest absolute Gasteiger partial charge is 0.487 e. The second-order valence-electron chi connectivity index (χ2n) is 5.92.